The fourth-order valence-corrected chi connectivity index (χ4v) is 3.22. The average Bonchev–Trinajstić information content (AvgIpc) is 2.59. The molecule has 2 rings (SSSR count). The summed E-state index contributed by atoms with van der Waals surface area (Å²) < 4.78 is 0. The van der Waals surface area contributed by atoms with Gasteiger partial charge >= 0.3 is 6.03 Å². The second-order valence-electron chi connectivity index (χ2n) is 5.11. The number of fused-ring (bicyclic) bond motifs is 1. The third-order valence-electron chi connectivity index (χ3n) is 4.54. The number of rotatable bonds is 1. The summed E-state index contributed by atoms with van der Waals surface area (Å²) in [5, 5.41) is 10.7. The highest BCUT2D eigenvalue weighted by Crippen LogP contribution is 2.55. The van der Waals surface area contributed by atoms with Crippen molar-refractivity contribution < 1.29 is 14.7 Å². The van der Waals surface area contributed by atoms with Gasteiger partial charge in [-0.05, 0) is 25.7 Å². The molecule has 2 fully saturated rings. The standard InChI is InChI=1S/C12H18N2O3/c1-5-8-6-7-12(17)11(8,2)9(15)13(3)10(16)14(12)4/h5,8,17H,1,6-7H2,2-4H3/t8-,11+,12-/m0/s1. The Morgan fingerprint density at radius 3 is 2.59 bits per heavy atom. The maximum Gasteiger partial charge on any atom is 0.328 e. The minimum absolute atomic E-state index is 0.113. The van der Waals surface area contributed by atoms with Crippen molar-refractivity contribution in [2.45, 2.75) is 25.5 Å². The van der Waals surface area contributed by atoms with E-state index in [0.717, 1.165) is 4.90 Å². The zero-order valence-electron chi connectivity index (χ0n) is 10.4. The first-order valence-electron chi connectivity index (χ1n) is 5.71. The van der Waals surface area contributed by atoms with Crippen molar-refractivity contribution in [3.63, 3.8) is 0 Å². The summed E-state index contributed by atoms with van der Waals surface area (Å²) in [7, 11) is 2.99. The number of nitrogens with zero attached hydrogens (tertiary/aromatic N) is 2. The number of imide groups is 1. The van der Waals surface area contributed by atoms with E-state index in [1.165, 1.54) is 19.0 Å². The molecule has 1 saturated carbocycles. The van der Waals surface area contributed by atoms with Crippen LogP contribution in [0.25, 0.3) is 0 Å². The van der Waals surface area contributed by atoms with Crippen LogP contribution < -0.4 is 0 Å². The lowest BCUT2D eigenvalue weighted by Crippen LogP contribution is -2.70. The Bertz CT molecular complexity index is 409. The van der Waals surface area contributed by atoms with Crippen LogP contribution in [0.2, 0.25) is 0 Å². The van der Waals surface area contributed by atoms with Crippen molar-refractivity contribution in [3.05, 3.63) is 12.7 Å². The normalized spacial score (nSPS) is 41.8. The number of hydrogen-bond acceptors (Lipinski definition) is 3. The highest BCUT2D eigenvalue weighted by Gasteiger charge is 2.67. The fourth-order valence-electron chi connectivity index (χ4n) is 3.22. The molecule has 3 amide bonds. The molecule has 0 aromatic rings. The Hall–Kier alpha value is -1.36. The van der Waals surface area contributed by atoms with E-state index in [9.17, 15) is 14.7 Å². The van der Waals surface area contributed by atoms with Crippen molar-refractivity contribution in [3.8, 4) is 0 Å². The van der Waals surface area contributed by atoms with Crippen molar-refractivity contribution >= 4 is 11.9 Å². The number of carbonyl (C=O) groups excluding carboxylic acids is 2. The van der Waals surface area contributed by atoms with Crippen LogP contribution >= 0.6 is 0 Å². The number of aliphatic hydroxyl groups is 1. The Balaban J connectivity index is 2.58. The molecule has 5 heteroatoms. The summed E-state index contributed by atoms with van der Waals surface area (Å²) in [5.41, 5.74) is -2.39. The Morgan fingerprint density at radius 1 is 1.47 bits per heavy atom. The molecule has 0 bridgehead atoms. The van der Waals surface area contributed by atoms with Crippen LogP contribution in [0.5, 0.6) is 0 Å². The molecule has 1 aliphatic carbocycles. The second kappa shape index (κ2) is 3.32. The lowest BCUT2D eigenvalue weighted by Gasteiger charge is -2.52. The highest BCUT2D eigenvalue weighted by molar-refractivity contribution is 6.01. The first-order valence-corrected chi connectivity index (χ1v) is 5.71. The summed E-state index contributed by atoms with van der Waals surface area (Å²) in [6, 6.07) is -0.459. The smallest absolute Gasteiger partial charge is 0.328 e. The lowest BCUT2D eigenvalue weighted by atomic mass is 9.72. The van der Waals surface area contributed by atoms with E-state index in [1.807, 2.05) is 0 Å². The average molecular weight is 238 g/mol. The molecule has 1 aliphatic heterocycles. The van der Waals surface area contributed by atoms with Gasteiger partial charge in [0, 0.05) is 14.1 Å². The zero-order chi connectivity index (χ0) is 13.0. The maximum absolute atomic E-state index is 12.3. The van der Waals surface area contributed by atoms with Gasteiger partial charge < -0.3 is 5.11 Å². The van der Waals surface area contributed by atoms with E-state index < -0.39 is 17.2 Å². The molecule has 1 heterocycles. The summed E-state index contributed by atoms with van der Waals surface area (Å²) in [6.07, 6.45) is 2.77. The topological polar surface area (TPSA) is 60.9 Å². The second-order valence-corrected chi connectivity index (χ2v) is 5.11. The van der Waals surface area contributed by atoms with E-state index in [2.05, 4.69) is 6.58 Å². The van der Waals surface area contributed by atoms with E-state index in [0.29, 0.717) is 12.8 Å². The molecule has 1 N–H and O–H groups in total. The van der Waals surface area contributed by atoms with E-state index >= 15 is 0 Å². The minimum Gasteiger partial charge on any atom is -0.370 e. The number of amides is 3. The molecule has 17 heavy (non-hydrogen) atoms. The van der Waals surface area contributed by atoms with Gasteiger partial charge in [0.2, 0.25) is 5.91 Å². The van der Waals surface area contributed by atoms with Gasteiger partial charge in [-0.2, -0.15) is 0 Å². The number of urea groups is 1. The third kappa shape index (κ3) is 1.12. The van der Waals surface area contributed by atoms with Gasteiger partial charge in [0.25, 0.3) is 0 Å². The summed E-state index contributed by atoms with van der Waals surface area (Å²) in [6.45, 7) is 5.44. The van der Waals surface area contributed by atoms with Crippen LogP contribution in [0.4, 0.5) is 4.79 Å². The molecule has 0 unspecified atom stereocenters. The van der Waals surface area contributed by atoms with Crippen molar-refractivity contribution in [1.29, 1.82) is 0 Å². The molecule has 1 saturated heterocycles. The zero-order valence-corrected chi connectivity index (χ0v) is 10.4. The van der Waals surface area contributed by atoms with Crippen LogP contribution in [0.1, 0.15) is 19.8 Å². The van der Waals surface area contributed by atoms with Crippen LogP contribution in [-0.4, -0.2) is 46.7 Å². The third-order valence-corrected chi connectivity index (χ3v) is 4.54. The number of allylic oxidation sites excluding steroid dienone is 1. The Morgan fingerprint density at radius 2 is 2.06 bits per heavy atom. The molecule has 0 aromatic heterocycles. The molecule has 0 spiro atoms. The molecule has 0 radical (unpaired) electrons. The van der Waals surface area contributed by atoms with E-state index in [-0.39, 0.29) is 11.8 Å². The number of carbonyl (C=O) groups is 2. The minimum atomic E-state index is -1.40. The van der Waals surface area contributed by atoms with Crippen LogP contribution in [0, 0.1) is 11.3 Å². The Labute approximate surface area is 101 Å². The monoisotopic (exact) mass is 238 g/mol. The van der Waals surface area contributed by atoms with E-state index in [1.54, 1.807) is 13.0 Å². The van der Waals surface area contributed by atoms with Gasteiger partial charge in [0.15, 0.2) is 5.72 Å². The molecule has 2 aliphatic rings. The van der Waals surface area contributed by atoms with Crippen molar-refractivity contribution in [1.82, 2.24) is 9.80 Å². The molecular weight excluding hydrogens is 220 g/mol. The first-order chi connectivity index (χ1) is 7.80. The van der Waals surface area contributed by atoms with Gasteiger partial charge in [-0.15, -0.1) is 6.58 Å². The molecule has 5 nitrogen and oxygen atoms in total. The summed E-state index contributed by atoms with van der Waals surface area (Å²) in [5.74, 6) is -0.441. The number of hydrogen-bond donors (Lipinski definition) is 1. The summed E-state index contributed by atoms with van der Waals surface area (Å²) in [4.78, 5) is 26.6. The summed E-state index contributed by atoms with van der Waals surface area (Å²) >= 11 is 0. The quantitative estimate of drug-likeness (QED) is 0.687. The van der Waals surface area contributed by atoms with Gasteiger partial charge in [-0.3, -0.25) is 14.6 Å². The van der Waals surface area contributed by atoms with Crippen LogP contribution in [0.15, 0.2) is 12.7 Å². The van der Waals surface area contributed by atoms with Crippen molar-refractivity contribution in [2.75, 3.05) is 14.1 Å². The molecule has 3 atom stereocenters. The van der Waals surface area contributed by atoms with Crippen molar-refractivity contribution in [2.24, 2.45) is 11.3 Å². The fraction of sp³-hybridized carbons (Fsp3) is 0.667. The van der Waals surface area contributed by atoms with Gasteiger partial charge in [0.05, 0.1) is 0 Å². The van der Waals surface area contributed by atoms with E-state index in [4.69, 9.17) is 0 Å². The van der Waals surface area contributed by atoms with Gasteiger partial charge in [-0.25, -0.2) is 4.79 Å². The lowest BCUT2D eigenvalue weighted by molar-refractivity contribution is -0.191. The maximum atomic E-state index is 12.3. The van der Waals surface area contributed by atoms with Crippen LogP contribution in [0.3, 0.4) is 0 Å². The van der Waals surface area contributed by atoms with Gasteiger partial charge in [-0.1, -0.05) is 6.08 Å². The Kier molecular flexibility index (Phi) is 2.36. The van der Waals surface area contributed by atoms with Gasteiger partial charge in [0.1, 0.15) is 5.41 Å². The molecule has 0 aromatic carbocycles. The largest absolute Gasteiger partial charge is 0.370 e. The predicted octanol–water partition coefficient (Wildman–Crippen LogP) is 0.801. The SMILES string of the molecule is C=C[C@H]1CC[C@@]2(O)N(C)C(=O)N(C)C(=O)[C@@]12C. The highest BCUT2D eigenvalue weighted by atomic mass is 16.3. The first kappa shape index (κ1) is 12.1. The predicted molar refractivity (Wildman–Crippen MR) is 61.9 cm³/mol. The molecular formula is C12H18N2O3. The molecule has 94 valence electrons. The van der Waals surface area contributed by atoms with Crippen LogP contribution in [-0.2, 0) is 4.79 Å².